The van der Waals surface area contributed by atoms with E-state index in [2.05, 4.69) is 36.5 Å². The van der Waals surface area contributed by atoms with Gasteiger partial charge in [0.25, 0.3) is 0 Å². The minimum atomic E-state index is -0.127. The van der Waals surface area contributed by atoms with Crippen molar-refractivity contribution < 1.29 is 9.47 Å². The molecule has 0 aliphatic heterocycles. The molecule has 3 heteroatoms. The van der Waals surface area contributed by atoms with Crippen LogP contribution in [0.25, 0.3) is 0 Å². The van der Waals surface area contributed by atoms with Gasteiger partial charge in [0.1, 0.15) is 0 Å². The summed E-state index contributed by atoms with van der Waals surface area (Å²) in [7, 11) is 3.33. The van der Waals surface area contributed by atoms with Crippen molar-refractivity contribution in [2.45, 2.75) is 32.2 Å². The van der Waals surface area contributed by atoms with Crippen molar-refractivity contribution in [3.8, 4) is 0 Å². The fourth-order valence-electron chi connectivity index (χ4n) is 1.55. The summed E-state index contributed by atoms with van der Waals surface area (Å²) < 4.78 is 10.3. The summed E-state index contributed by atoms with van der Waals surface area (Å²) >= 11 is 0. The molecule has 0 bridgehead atoms. The Morgan fingerprint density at radius 3 is 2.31 bits per heavy atom. The molecular weight excluding hydrogens is 202 g/mol. The van der Waals surface area contributed by atoms with Crippen molar-refractivity contribution in [2.75, 3.05) is 14.2 Å². The van der Waals surface area contributed by atoms with Crippen LogP contribution in [0, 0.1) is 0 Å². The molecule has 0 aliphatic rings. The average Bonchev–Trinajstić information content (AvgIpc) is 2.34. The molecule has 16 heavy (non-hydrogen) atoms. The fraction of sp³-hybridized carbons (Fsp3) is 0.538. The average molecular weight is 223 g/mol. The van der Waals surface area contributed by atoms with Crippen LogP contribution in [-0.4, -0.2) is 26.6 Å². The Bertz CT molecular complexity index is 273. The van der Waals surface area contributed by atoms with Gasteiger partial charge in [0.2, 0.25) is 0 Å². The van der Waals surface area contributed by atoms with E-state index < -0.39 is 0 Å². The van der Waals surface area contributed by atoms with Crippen molar-refractivity contribution in [3.63, 3.8) is 0 Å². The molecule has 1 atom stereocenters. The van der Waals surface area contributed by atoms with Crippen LogP contribution in [0.3, 0.4) is 0 Å². The summed E-state index contributed by atoms with van der Waals surface area (Å²) in [6, 6.07) is 10.7. The SMILES string of the molecule is COC(CC(C)NCc1ccccc1)OC. The first-order chi connectivity index (χ1) is 7.76. The van der Waals surface area contributed by atoms with E-state index in [1.54, 1.807) is 14.2 Å². The lowest BCUT2D eigenvalue weighted by Gasteiger charge is -2.19. The zero-order valence-electron chi connectivity index (χ0n) is 10.3. The van der Waals surface area contributed by atoms with Gasteiger partial charge in [0.05, 0.1) is 0 Å². The molecule has 0 radical (unpaired) electrons. The topological polar surface area (TPSA) is 30.5 Å². The molecule has 0 fully saturated rings. The molecule has 3 nitrogen and oxygen atoms in total. The normalized spacial score (nSPS) is 13.0. The van der Waals surface area contributed by atoms with Gasteiger partial charge in [-0.15, -0.1) is 0 Å². The number of hydrogen-bond donors (Lipinski definition) is 1. The first-order valence-corrected chi connectivity index (χ1v) is 5.59. The molecule has 90 valence electrons. The van der Waals surface area contributed by atoms with E-state index in [1.807, 2.05) is 6.07 Å². The largest absolute Gasteiger partial charge is 0.356 e. The zero-order valence-corrected chi connectivity index (χ0v) is 10.3. The Labute approximate surface area is 97.8 Å². The Kier molecular flexibility index (Phi) is 6.08. The molecule has 1 aromatic carbocycles. The lowest BCUT2D eigenvalue weighted by Crippen LogP contribution is -2.31. The maximum Gasteiger partial charge on any atom is 0.158 e. The van der Waals surface area contributed by atoms with Crippen LogP contribution in [0.4, 0.5) is 0 Å². The second kappa shape index (κ2) is 7.39. The van der Waals surface area contributed by atoms with Gasteiger partial charge in [-0.1, -0.05) is 30.3 Å². The number of ether oxygens (including phenoxy) is 2. The Balaban J connectivity index is 2.27. The maximum absolute atomic E-state index is 5.16. The molecule has 0 saturated heterocycles. The highest BCUT2D eigenvalue weighted by atomic mass is 16.7. The standard InChI is InChI=1S/C13H21NO2/c1-11(9-13(15-2)16-3)14-10-12-7-5-4-6-8-12/h4-8,11,13-14H,9-10H2,1-3H3. The second-order valence-corrected chi connectivity index (χ2v) is 3.90. The number of benzene rings is 1. The highest BCUT2D eigenvalue weighted by molar-refractivity contribution is 5.14. The van der Waals surface area contributed by atoms with E-state index in [4.69, 9.17) is 9.47 Å². The molecule has 0 saturated carbocycles. The first kappa shape index (κ1) is 13.2. The van der Waals surface area contributed by atoms with Crippen molar-refractivity contribution in [3.05, 3.63) is 35.9 Å². The fourth-order valence-corrected chi connectivity index (χ4v) is 1.55. The third-order valence-electron chi connectivity index (χ3n) is 2.57. The molecule has 1 aromatic rings. The summed E-state index contributed by atoms with van der Waals surface area (Å²) in [5.74, 6) is 0. The first-order valence-electron chi connectivity index (χ1n) is 5.59. The van der Waals surface area contributed by atoms with Gasteiger partial charge in [0.15, 0.2) is 6.29 Å². The minimum Gasteiger partial charge on any atom is -0.356 e. The van der Waals surface area contributed by atoms with E-state index >= 15 is 0 Å². The Morgan fingerprint density at radius 1 is 1.12 bits per heavy atom. The zero-order chi connectivity index (χ0) is 11.8. The third kappa shape index (κ3) is 4.75. The molecule has 1 N–H and O–H groups in total. The van der Waals surface area contributed by atoms with Crippen LogP contribution < -0.4 is 5.32 Å². The van der Waals surface area contributed by atoms with E-state index in [0.29, 0.717) is 6.04 Å². The molecule has 0 spiro atoms. The van der Waals surface area contributed by atoms with E-state index in [1.165, 1.54) is 5.56 Å². The van der Waals surface area contributed by atoms with Crippen LogP contribution in [0.2, 0.25) is 0 Å². The van der Waals surface area contributed by atoms with Gasteiger partial charge in [0, 0.05) is 33.2 Å². The quantitative estimate of drug-likeness (QED) is 0.719. The van der Waals surface area contributed by atoms with Crippen molar-refractivity contribution in [1.82, 2.24) is 5.32 Å². The van der Waals surface area contributed by atoms with E-state index in [0.717, 1.165) is 13.0 Å². The molecule has 0 aliphatic carbocycles. The Morgan fingerprint density at radius 2 is 1.75 bits per heavy atom. The van der Waals surface area contributed by atoms with Crippen LogP contribution in [0.1, 0.15) is 18.9 Å². The summed E-state index contributed by atoms with van der Waals surface area (Å²) in [5, 5.41) is 3.44. The predicted molar refractivity (Wildman–Crippen MR) is 65.2 cm³/mol. The minimum absolute atomic E-state index is 0.127. The Hall–Kier alpha value is -0.900. The van der Waals surface area contributed by atoms with Crippen LogP contribution in [-0.2, 0) is 16.0 Å². The molecule has 0 amide bonds. The van der Waals surface area contributed by atoms with Gasteiger partial charge in [-0.25, -0.2) is 0 Å². The number of rotatable bonds is 7. The van der Waals surface area contributed by atoms with E-state index in [9.17, 15) is 0 Å². The highest BCUT2D eigenvalue weighted by Gasteiger charge is 2.10. The lowest BCUT2D eigenvalue weighted by atomic mass is 10.2. The number of nitrogens with one attached hydrogen (secondary N) is 1. The van der Waals surface area contributed by atoms with Crippen LogP contribution >= 0.6 is 0 Å². The number of methoxy groups -OCH3 is 2. The van der Waals surface area contributed by atoms with Gasteiger partial charge >= 0.3 is 0 Å². The van der Waals surface area contributed by atoms with Crippen molar-refractivity contribution >= 4 is 0 Å². The summed E-state index contributed by atoms with van der Waals surface area (Å²) in [6.07, 6.45) is 0.720. The molecule has 1 unspecified atom stereocenters. The molecular formula is C13H21NO2. The molecule has 0 aromatic heterocycles. The van der Waals surface area contributed by atoms with E-state index in [-0.39, 0.29) is 6.29 Å². The molecule has 1 rings (SSSR count). The summed E-state index contributed by atoms with van der Waals surface area (Å²) in [4.78, 5) is 0. The summed E-state index contributed by atoms with van der Waals surface area (Å²) in [6.45, 7) is 3.01. The van der Waals surface area contributed by atoms with Crippen molar-refractivity contribution in [2.24, 2.45) is 0 Å². The van der Waals surface area contributed by atoms with Gasteiger partial charge in [-0.05, 0) is 12.5 Å². The van der Waals surface area contributed by atoms with Crippen LogP contribution in [0.5, 0.6) is 0 Å². The third-order valence-corrected chi connectivity index (χ3v) is 2.57. The monoisotopic (exact) mass is 223 g/mol. The highest BCUT2D eigenvalue weighted by Crippen LogP contribution is 2.04. The van der Waals surface area contributed by atoms with Gasteiger partial charge < -0.3 is 14.8 Å². The number of hydrogen-bond acceptors (Lipinski definition) is 3. The van der Waals surface area contributed by atoms with Crippen LogP contribution in [0.15, 0.2) is 30.3 Å². The maximum atomic E-state index is 5.16. The summed E-state index contributed by atoms with van der Waals surface area (Å²) in [5.41, 5.74) is 1.29. The van der Waals surface area contributed by atoms with Gasteiger partial charge in [-0.3, -0.25) is 0 Å². The molecule has 0 heterocycles. The predicted octanol–water partition coefficient (Wildman–Crippen LogP) is 2.17. The van der Waals surface area contributed by atoms with Crippen molar-refractivity contribution in [1.29, 1.82) is 0 Å². The smallest absolute Gasteiger partial charge is 0.158 e. The second-order valence-electron chi connectivity index (χ2n) is 3.90. The lowest BCUT2D eigenvalue weighted by molar-refractivity contribution is -0.109. The van der Waals surface area contributed by atoms with Gasteiger partial charge in [-0.2, -0.15) is 0 Å².